The molecule has 6 nitrogen and oxygen atoms in total. The molecule has 0 fully saturated rings. The SMILES string of the molecule is CC(C)c1cc(C(C)C)c(S(=O)(=O)Cl)c(C(C)C)c1.c1nnn[nH]1. The molecule has 1 aromatic carbocycles. The van der Waals surface area contributed by atoms with E-state index in [2.05, 4.69) is 34.5 Å². The number of nitrogens with one attached hydrogen (secondary N) is 1. The molecule has 1 N–H and O–H groups in total. The van der Waals surface area contributed by atoms with E-state index in [9.17, 15) is 8.42 Å². The molecule has 1 heterocycles. The fourth-order valence-corrected chi connectivity index (χ4v) is 3.99. The molecular weight excluding hydrogens is 348 g/mol. The lowest BCUT2D eigenvalue weighted by molar-refractivity contribution is 0.604. The van der Waals surface area contributed by atoms with Crippen molar-refractivity contribution in [3.63, 3.8) is 0 Å². The Morgan fingerprint density at radius 1 is 0.958 bits per heavy atom. The normalized spacial score (nSPS) is 11.8. The first kappa shape index (κ1) is 20.6. The molecule has 0 amide bonds. The molecule has 0 bridgehead atoms. The summed E-state index contributed by atoms with van der Waals surface area (Å²) < 4.78 is 23.9. The van der Waals surface area contributed by atoms with E-state index in [4.69, 9.17) is 10.7 Å². The molecule has 2 rings (SSSR count). The van der Waals surface area contributed by atoms with Crippen LogP contribution in [0.2, 0.25) is 0 Å². The van der Waals surface area contributed by atoms with Crippen molar-refractivity contribution in [2.24, 2.45) is 0 Å². The van der Waals surface area contributed by atoms with Gasteiger partial charge in [0, 0.05) is 10.7 Å². The Morgan fingerprint density at radius 3 is 1.67 bits per heavy atom. The summed E-state index contributed by atoms with van der Waals surface area (Å²) in [5.74, 6) is 0.613. The highest BCUT2D eigenvalue weighted by atomic mass is 35.7. The molecule has 0 spiro atoms. The van der Waals surface area contributed by atoms with Gasteiger partial charge in [0.15, 0.2) is 0 Å². The van der Waals surface area contributed by atoms with Gasteiger partial charge in [-0.2, -0.15) is 0 Å². The minimum Gasteiger partial charge on any atom is -0.246 e. The second-order valence-electron chi connectivity index (χ2n) is 6.49. The maximum absolute atomic E-state index is 11.9. The van der Waals surface area contributed by atoms with E-state index < -0.39 is 9.05 Å². The molecule has 0 radical (unpaired) electrons. The van der Waals surface area contributed by atoms with Crippen molar-refractivity contribution >= 4 is 19.7 Å². The first-order valence-corrected chi connectivity index (χ1v) is 10.2. The number of tetrazole rings is 1. The number of nitrogens with zero attached hydrogens (tertiary/aromatic N) is 3. The summed E-state index contributed by atoms with van der Waals surface area (Å²) in [7, 11) is 1.94. The monoisotopic (exact) mass is 372 g/mol. The van der Waals surface area contributed by atoms with Gasteiger partial charge < -0.3 is 0 Å². The maximum Gasteiger partial charge on any atom is 0.261 e. The highest BCUT2D eigenvalue weighted by Crippen LogP contribution is 2.36. The second kappa shape index (κ2) is 8.58. The predicted octanol–water partition coefficient (Wildman–Crippen LogP) is 4.18. The third-order valence-electron chi connectivity index (χ3n) is 3.59. The van der Waals surface area contributed by atoms with Gasteiger partial charge >= 0.3 is 0 Å². The number of halogens is 1. The Labute approximate surface area is 148 Å². The zero-order valence-electron chi connectivity index (χ0n) is 14.9. The quantitative estimate of drug-likeness (QED) is 0.813. The topological polar surface area (TPSA) is 88.6 Å². The van der Waals surface area contributed by atoms with Crippen molar-refractivity contribution in [2.75, 3.05) is 0 Å². The van der Waals surface area contributed by atoms with Crippen molar-refractivity contribution in [1.82, 2.24) is 20.6 Å². The van der Waals surface area contributed by atoms with E-state index >= 15 is 0 Å². The van der Waals surface area contributed by atoms with Gasteiger partial charge in [-0.25, -0.2) is 13.5 Å². The zero-order valence-corrected chi connectivity index (χ0v) is 16.5. The molecule has 0 saturated carbocycles. The van der Waals surface area contributed by atoms with Gasteiger partial charge in [0.25, 0.3) is 9.05 Å². The number of rotatable bonds is 4. The second-order valence-corrected chi connectivity index (χ2v) is 9.00. The van der Waals surface area contributed by atoms with Crippen LogP contribution in [0.1, 0.15) is 76.0 Å². The lowest BCUT2D eigenvalue weighted by atomic mass is 9.89. The van der Waals surface area contributed by atoms with Crippen molar-refractivity contribution in [2.45, 2.75) is 64.2 Å². The smallest absolute Gasteiger partial charge is 0.246 e. The molecule has 0 atom stereocenters. The van der Waals surface area contributed by atoms with Crippen LogP contribution in [0.4, 0.5) is 0 Å². The Bertz CT molecular complexity index is 695. The summed E-state index contributed by atoms with van der Waals surface area (Å²) in [6.45, 7) is 12.2. The number of aromatic amines is 1. The molecule has 0 aliphatic rings. The molecule has 24 heavy (non-hydrogen) atoms. The van der Waals surface area contributed by atoms with Crippen molar-refractivity contribution in [1.29, 1.82) is 0 Å². The van der Waals surface area contributed by atoms with Crippen LogP contribution in [0.15, 0.2) is 23.4 Å². The first-order chi connectivity index (χ1) is 11.1. The standard InChI is InChI=1S/C15H23ClO2S.CH2N4/c1-9(2)12-7-13(10(3)4)15(19(16,17)18)14(8-12)11(5)6;1-2-4-5-3-1/h7-11H,1-6H3;1H,(H,2,3,4,5). The van der Waals surface area contributed by atoms with E-state index in [0.29, 0.717) is 10.8 Å². The fraction of sp³-hybridized carbons (Fsp3) is 0.562. The number of hydrogen-bond donors (Lipinski definition) is 1. The fourth-order valence-electron chi connectivity index (χ4n) is 2.30. The Hall–Kier alpha value is -1.47. The van der Waals surface area contributed by atoms with Gasteiger partial charge in [-0.05, 0) is 44.9 Å². The van der Waals surface area contributed by atoms with Gasteiger partial charge in [-0.3, -0.25) is 0 Å². The lowest BCUT2D eigenvalue weighted by Crippen LogP contribution is -2.08. The number of benzene rings is 1. The highest BCUT2D eigenvalue weighted by Gasteiger charge is 2.25. The van der Waals surface area contributed by atoms with E-state index in [1.165, 1.54) is 6.33 Å². The summed E-state index contributed by atoms with van der Waals surface area (Å²) in [4.78, 5) is 0.309. The molecule has 0 aliphatic heterocycles. The third kappa shape index (κ3) is 5.56. The molecule has 8 heteroatoms. The summed E-state index contributed by atoms with van der Waals surface area (Å²) in [6, 6.07) is 3.97. The molecule has 0 aliphatic carbocycles. The number of hydrogen-bond acceptors (Lipinski definition) is 5. The lowest BCUT2D eigenvalue weighted by Gasteiger charge is -2.20. The van der Waals surface area contributed by atoms with Crippen molar-refractivity contribution in [3.05, 3.63) is 35.2 Å². The van der Waals surface area contributed by atoms with E-state index in [1.54, 1.807) is 0 Å². The van der Waals surface area contributed by atoms with Crippen LogP contribution < -0.4 is 0 Å². The van der Waals surface area contributed by atoms with Gasteiger partial charge in [-0.1, -0.05) is 53.7 Å². The van der Waals surface area contributed by atoms with Gasteiger partial charge in [0.2, 0.25) is 0 Å². The van der Waals surface area contributed by atoms with Crippen LogP contribution in [0, 0.1) is 0 Å². The van der Waals surface area contributed by atoms with Crippen LogP contribution in [-0.4, -0.2) is 29.0 Å². The Morgan fingerprint density at radius 2 is 1.46 bits per heavy atom. The average molecular weight is 373 g/mol. The Kier molecular flexibility index (Phi) is 7.35. The van der Waals surface area contributed by atoms with Crippen molar-refractivity contribution in [3.8, 4) is 0 Å². The molecule has 1 aromatic heterocycles. The third-order valence-corrected chi connectivity index (χ3v) is 5.01. The van der Waals surface area contributed by atoms with Crippen LogP contribution in [0.3, 0.4) is 0 Å². The van der Waals surface area contributed by atoms with E-state index in [1.807, 2.05) is 39.8 Å². The van der Waals surface area contributed by atoms with Crippen LogP contribution in [0.25, 0.3) is 0 Å². The summed E-state index contributed by atoms with van der Waals surface area (Å²) in [5.41, 5.74) is 2.81. The largest absolute Gasteiger partial charge is 0.261 e. The van der Waals surface area contributed by atoms with E-state index in [-0.39, 0.29) is 11.8 Å². The molecule has 2 aromatic rings. The first-order valence-electron chi connectivity index (χ1n) is 7.85. The average Bonchev–Trinajstić information content (AvgIpc) is 3.03. The minimum atomic E-state index is -3.72. The summed E-state index contributed by atoms with van der Waals surface area (Å²) in [5, 5.41) is 12.1. The van der Waals surface area contributed by atoms with Crippen molar-refractivity contribution < 1.29 is 8.42 Å². The molecular formula is C16H25ClN4O2S. The minimum absolute atomic E-state index is 0.125. The van der Waals surface area contributed by atoms with Crippen LogP contribution in [0.5, 0.6) is 0 Å². The van der Waals surface area contributed by atoms with Gasteiger partial charge in [0.1, 0.15) is 6.33 Å². The molecule has 0 unspecified atom stereocenters. The molecule has 134 valence electrons. The van der Waals surface area contributed by atoms with Crippen LogP contribution >= 0.6 is 10.7 Å². The summed E-state index contributed by atoms with van der Waals surface area (Å²) >= 11 is 0. The van der Waals surface area contributed by atoms with E-state index in [0.717, 1.165) is 16.7 Å². The Balaban J connectivity index is 0.000000488. The predicted molar refractivity (Wildman–Crippen MR) is 95.9 cm³/mol. The zero-order chi connectivity index (χ0) is 18.5. The van der Waals surface area contributed by atoms with Gasteiger partial charge in [-0.15, -0.1) is 5.10 Å². The molecule has 0 saturated heterocycles. The van der Waals surface area contributed by atoms with Gasteiger partial charge in [0.05, 0.1) is 4.90 Å². The number of aromatic nitrogens is 4. The highest BCUT2D eigenvalue weighted by molar-refractivity contribution is 8.13. The summed E-state index contributed by atoms with van der Waals surface area (Å²) in [6.07, 6.45) is 1.40. The van der Waals surface area contributed by atoms with Crippen LogP contribution in [-0.2, 0) is 9.05 Å². The maximum atomic E-state index is 11.9. The number of H-pyrrole nitrogens is 1.